The minimum Gasteiger partial charge on any atom is -0.394 e. The van der Waals surface area contributed by atoms with E-state index in [9.17, 15) is 45.6 Å². The predicted molar refractivity (Wildman–Crippen MR) is 212 cm³/mol. The number of aliphatic hydroxyl groups excluding tert-OH is 8. The fourth-order valence-corrected chi connectivity index (χ4v) is 7.29. The van der Waals surface area contributed by atoms with Gasteiger partial charge in [0.2, 0.25) is 5.91 Å². The van der Waals surface area contributed by atoms with Gasteiger partial charge in [0.15, 0.2) is 12.6 Å². The molecule has 0 aromatic carbocycles. The Balaban J connectivity index is 1.92. The molecule has 2 heterocycles. The third kappa shape index (κ3) is 19.2. The first-order valence-electron chi connectivity index (χ1n) is 21.9. The number of carbonyl (C=O) groups is 1. The van der Waals surface area contributed by atoms with Gasteiger partial charge in [0, 0.05) is 6.42 Å². The van der Waals surface area contributed by atoms with Crippen molar-refractivity contribution in [3.05, 3.63) is 12.2 Å². The molecule has 14 nitrogen and oxygen atoms in total. The van der Waals surface area contributed by atoms with E-state index in [2.05, 4.69) is 19.2 Å². The summed E-state index contributed by atoms with van der Waals surface area (Å²) in [6, 6.07) is -0.904. The largest absolute Gasteiger partial charge is 0.394 e. The lowest BCUT2D eigenvalue weighted by Gasteiger charge is -2.46. The number of ether oxygens (including phenoxy) is 4. The van der Waals surface area contributed by atoms with E-state index in [0.29, 0.717) is 6.42 Å². The van der Waals surface area contributed by atoms with Gasteiger partial charge in [0.25, 0.3) is 0 Å². The third-order valence-electron chi connectivity index (χ3n) is 11.0. The maximum absolute atomic E-state index is 13.0. The second-order valence-corrected chi connectivity index (χ2v) is 15.8. The smallest absolute Gasteiger partial charge is 0.220 e. The van der Waals surface area contributed by atoms with Gasteiger partial charge < -0.3 is 65.1 Å². The molecular weight excluding hydrogens is 726 g/mol. The van der Waals surface area contributed by atoms with E-state index in [1.165, 1.54) is 89.9 Å². The van der Waals surface area contributed by atoms with Gasteiger partial charge in [-0.25, -0.2) is 0 Å². The summed E-state index contributed by atoms with van der Waals surface area (Å²) < 4.78 is 22.6. The van der Waals surface area contributed by atoms with Crippen LogP contribution in [-0.4, -0.2) is 140 Å². The Morgan fingerprint density at radius 1 is 0.625 bits per heavy atom. The lowest BCUT2D eigenvalue weighted by Crippen LogP contribution is -2.65. The van der Waals surface area contributed by atoms with Crippen molar-refractivity contribution in [1.82, 2.24) is 5.32 Å². The normalized spacial score (nSPS) is 29.5. The molecule has 2 saturated heterocycles. The zero-order valence-electron chi connectivity index (χ0n) is 34.4. The van der Waals surface area contributed by atoms with E-state index in [1.807, 2.05) is 6.08 Å². The monoisotopic (exact) mass is 806 g/mol. The molecule has 0 spiro atoms. The molecule has 14 heteroatoms. The van der Waals surface area contributed by atoms with Crippen molar-refractivity contribution >= 4 is 5.91 Å². The Labute approximate surface area is 336 Å². The summed E-state index contributed by atoms with van der Waals surface area (Å²) in [4.78, 5) is 13.0. The fourth-order valence-electron chi connectivity index (χ4n) is 7.29. The van der Waals surface area contributed by atoms with Crippen LogP contribution in [0, 0.1) is 0 Å². The van der Waals surface area contributed by atoms with Crippen LogP contribution in [0.3, 0.4) is 0 Å². The maximum atomic E-state index is 13.0. The molecule has 0 aromatic rings. The lowest BCUT2D eigenvalue weighted by molar-refractivity contribution is -0.359. The van der Waals surface area contributed by atoms with Crippen molar-refractivity contribution in [2.24, 2.45) is 0 Å². The highest BCUT2D eigenvalue weighted by Crippen LogP contribution is 2.30. The summed E-state index contributed by atoms with van der Waals surface area (Å²) in [6.07, 6.45) is 11.3. The molecule has 0 aliphatic carbocycles. The highest BCUT2D eigenvalue weighted by molar-refractivity contribution is 5.76. The Bertz CT molecular complexity index is 1000. The summed E-state index contributed by atoms with van der Waals surface area (Å²) in [6.45, 7) is 2.72. The zero-order chi connectivity index (χ0) is 41.1. The van der Waals surface area contributed by atoms with Crippen molar-refractivity contribution in [1.29, 1.82) is 0 Å². The number of unbranched alkanes of at least 4 members (excludes halogenated alkanes) is 19. The number of amides is 1. The highest BCUT2D eigenvalue weighted by Gasteiger charge is 2.50. The Kier molecular flexibility index (Phi) is 27.9. The molecule has 0 saturated carbocycles. The maximum Gasteiger partial charge on any atom is 0.220 e. The quantitative estimate of drug-likeness (QED) is 0.0350. The van der Waals surface area contributed by atoms with Crippen molar-refractivity contribution in [2.75, 3.05) is 19.8 Å². The summed E-state index contributed by atoms with van der Waals surface area (Å²) in [5.74, 6) is -0.246. The zero-order valence-corrected chi connectivity index (χ0v) is 34.4. The van der Waals surface area contributed by atoms with Gasteiger partial charge >= 0.3 is 0 Å². The Morgan fingerprint density at radius 2 is 1.11 bits per heavy atom. The average molecular weight is 806 g/mol. The van der Waals surface area contributed by atoms with Crippen LogP contribution < -0.4 is 5.32 Å². The SMILES string of the molecule is CCCCCCCCCCCCCC/C=C/[C@@H](O)[C@H](CO[C@@H]1O[C@H](CO)[C@@H](O[C@@H]2O[C@H](CO)[C@H](O)C(O)C2O)C(O)C1O)NC(=O)CCCCCCCCCC. The molecule has 9 N–H and O–H groups in total. The van der Waals surface area contributed by atoms with Gasteiger partial charge in [-0.2, -0.15) is 0 Å². The topological polar surface area (TPSA) is 228 Å². The van der Waals surface area contributed by atoms with Crippen LogP contribution in [0.2, 0.25) is 0 Å². The van der Waals surface area contributed by atoms with E-state index in [-0.39, 0.29) is 18.9 Å². The number of aliphatic hydroxyl groups is 8. The van der Waals surface area contributed by atoms with Crippen molar-refractivity contribution in [3.8, 4) is 0 Å². The second-order valence-electron chi connectivity index (χ2n) is 15.8. The van der Waals surface area contributed by atoms with Gasteiger partial charge in [-0.1, -0.05) is 142 Å². The van der Waals surface area contributed by atoms with Crippen LogP contribution in [-0.2, 0) is 23.7 Å². The summed E-state index contributed by atoms with van der Waals surface area (Å²) in [7, 11) is 0. The van der Waals surface area contributed by atoms with Crippen LogP contribution in [0.1, 0.15) is 155 Å². The van der Waals surface area contributed by atoms with Crippen LogP contribution in [0.25, 0.3) is 0 Å². The average Bonchev–Trinajstić information content (AvgIpc) is 3.19. The highest BCUT2D eigenvalue weighted by atomic mass is 16.7. The second kappa shape index (κ2) is 30.7. The van der Waals surface area contributed by atoms with Gasteiger partial charge in [0.1, 0.15) is 48.8 Å². The first-order valence-corrected chi connectivity index (χ1v) is 21.9. The number of hydrogen-bond acceptors (Lipinski definition) is 13. The summed E-state index contributed by atoms with van der Waals surface area (Å²) in [5.41, 5.74) is 0. The molecule has 56 heavy (non-hydrogen) atoms. The van der Waals surface area contributed by atoms with Gasteiger partial charge in [0.05, 0.1) is 32.0 Å². The fraction of sp³-hybridized carbons (Fsp3) is 0.929. The Morgan fingerprint density at radius 3 is 1.64 bits per heavy atom. The third-order valence-corrected chi connectivity index (χ3v) is 11.0. The van der Waals surface area contributed by atoms with E-state index in [1.54, 1.807) is 6.08 Å². The number of hydrogen-bond donors (Lipinski definition) is 9. The molecule has 1 amide bonds. The van der Waals surface area contributed by atoms with Gasteiger partial charge in [-0.15, -0.1) is 0 Å². The van der Waals surface area contributed by atoms with E-state index < -0.39 is 86.8 Å². The number of carbonyl (C=O) groups excluding carboxylic acids is 1. The molecule has 0 radical (unpaired) electrons. The van der Waals surface area contributed by atoms with Crippen molar-refractivity contribution < 1.29 is 64.6 Å². The van der Waals surface area contributed by atoms with Gasteiger partial charge in [-0.05, 0) is 19.3 Å². The number of rotatable bonds is 32. The van der Waals surface area contributed by atoms with Gasteiger partial charge in [-0.3, -0.25) is 4.79 Å². The van der Waals surface area contributed by atoms with E-state index in [0.717, 1.165) is 38.5 Å². The van der Waals surface area contributed by atoms with Crippen molar-refractivity contribution in [2.45, 2.75) is 229 Å². The minimum atomic E-state index is -1.78. The van der Waals surface area contributed by atoms with E-state index >= 15 is 0 Å². The molecular formula is C42H79NO13. The summed E-state index contributed by atoms with van der Waals surface area (Å²) >= 11 is 0. The molecule has 12 atom stereocenters. The van der Waals surface area contributed by atoms with Crippen LogP contribution in [0.5, 0.6) is 0 Å². The Hall–Kier alpha value is -1.27. The molecule has 2 rings (SSSR count). The standard InChI is InChI=1S/C42H79NO13/c1-3-5-7-9-11-13-14-15-16-17-18-19-21-23-25-31(46)30(43-34(47)26-24-22-20-12-10-8-6-4-2)29-53-41-39(52)37(50)40(33(28-45)55-41)56-42-38(51)36(49)35(48)32(27-44)54-42/h23,25,30-33,35-42,44-46,48-52H,3-22,24,26-29H2,1-2H3,(H,43,47)/b25-23+/t30-,31+,32+,33+,35-,36?,37?,38?,39?,40+,41+,42-/m0/s1. The number of nitrogens with one attached hydrogen (secondary N) is 1. The summed E-state index contributed by atoms with van der Waals surface area (Å²) in [5, 5.41) is 86.2. The molecule has 2 fully saturated rings. The minimum absolute atomic E-state index is 0.246. The molecule has 2 aliphatic rings. The van der Waals surface area contributed by atoms with Crippen LogP contribution in [0.4, 0.5) is 0 Å². The van der Waals surface area contributed by atoms with Crippen molar-refractivity contribution in [3.63, 3.8) is 0 Å². The first kappa shape index (κ1) is 50.9. The number of allylic oxidation sites excluding steroid dienone is 1. The predicted octanol–water partition coefficient (Wildman–Crippen LogP) is 3.65. The van der Waals surface area contributed by atoms with Crippen LogP contribution >= 0.6 is 0 Å². The molecule has 0 aromatic heterocycles. The van der Waals surface area contributed by atoms with Crippen LogP contribution in [0.15, 0.2) is 12.2 Å². The molecule has 4 unspecified atom stereocenters. The lowest BCUT2D eigenvalue weighted by atomic mass is 9.97. The molecule has 2 aliphatic heterocycles. The molecule has 330 valence electrons. The molecule has 0 bridgehead atoms. The first-order chi connectivity index (χ1) is 27.1. The van der Waals surface area contributed by atoms with E-state index in [4.69, 9.17) is 18.9 Å².